The minimum Gasteiger partial charge on any atom is -0.394 e. The van der Waals surface area contributed by atoms with Gasteiger partial charge in [-0.15, -0.1) is 0 Å². The van der Waals surface area contributed by atoms with Crippen LogP contribution in [-0.4, -0.2) is 49.6 Å². The van der Waals surface area contributed by atoms with Gasteiger partial charge in [0.05, 0.1) is 35.8 Å². The number of carbonyl (C=O) groups excluding carboxylic acids is 1. The van der Waals surface area contributed by atoms with Crippen LogP contribution in [0.25, 0.3) is 0 Å². The summed E-state index contributed by atoms with van der Waals surface area (Å²) in [6.07, 6.45) is 0. The van der Waals surface area contributed by atoms with Crippen LogP contribution in [0.5, 0.6) is 0 Å². The van der Waals surface area contributed by atoms with E-state index in [1.54, 1.807) is 29.2 Å². The van der Waals surface area contributed by atoms with Crippen LogP contribution in [0.15, 0.2) is 53.4 Å². The van der Waals surface area contributed by atoms with Gasteiger partial charge in [0.25, 0.3) is 10.0 Å². The minimum absolute atomic E-state index is 0.0564. The van der Waals surface area contributed by atoms with Crippen molar-refractivity contribution < 1.29 is 18.3 Å². The number of aliphatic hydroxyl groups is 1. The van der Waals surface area contributed by atoms with Crippen LogP contribution < -0.4 is 4.31 Å². The average Bonchev–Trinajstić information content (AvgIpc) is 2.61. The Hall–Kier alpha value is -2.38. The van der Waals surface area contributed by atoms with Crippen molar-refractivity contribution in [1.29, 1.82) is 0 Å². The van der Waals surface area contributed by atoms with Gasteiger partial charge in [0.15, 0.2) is 0 Å². The molecule has 2 heterocycles. The van der Waals surface area contributed by atoms with E-state index in [2.05, 4.69) is 0 Å². The van der Waals surface area contributed by atoms with Gasteiger partial charge >= 0.3 is 0 Å². The number of rotatable bonds is 3. The summed E-state index contributed by atoms with van der Waals surface area (Å²) >= 11 is 0. The number of likely N-dealkylation sites (tertiary alicyclic amines) is 1. The fourth-order valence-electron chi connectivity index (χ4n) is 4.43. The molecule has 2 aliphatic heterocycles. The smallest absolute Gasteiger partial charge is 0.264 e. The third-order valence-corrected chi connectivity index (χ3v) is 7.37. The van der Waals surface area contributed by atoms with Crippen LogP contribution in [-0.2, 0) is 14.8 Å². The van der Waals surface area contributed by atoms with Gasteiger partial charge in [-0.2, -0.15) is 0 Å². The Bertz CT molecular complexity index is 1000. The minimum atomic E-state index is -3.76. The molecule has 3 atom stereocenters. The molecular formula is C20H22N2O4S. The molecule has 0 unspecified atom stereocenters. The standard InChI is InChI=1S/C20H22N2O4S/c1-13-6-5-7-15(10-13)27(25,26)21-11-18-20(16-8-3-4-9-17(16)21)19(12-23)22(18)14(2)24/h3-10,18-20,23H,11-12H2,1-2H3/t18-,19+,20+/m1/s1. The van der Waals surface area contributed by atoms with Crippen LogP contribution in [0.3, 0.4) is 0 Å². The van der Waals surface area contributed by atoms with Crippen LogP contribution in [0.4, 0.5) is 5.69 Å². The summed E-state index contributed by atoms with van der Waals surface area (Å²) in [4.78, 5) is 13.9. The molecule has 2 aromatic rings. The van der Waals surface area contributed by atoms with Gasteiger partial charge < -0.3 is 10.0 Å². The van der Waals surface area contributed by atoms with Gasteiger partial charge in [0.2, 0.25) is 5.91 Å². The van der Waals surface area contributed by atoms with E-state index in [9.17, 15) is 18.3 Å². The monoisotopic (exact) mass is 386 g/mol. The molecule has 2 aliphatic rings. The largest absolute Gasteiger partial charge is 0.394 e. The van der Waals surface area contributed by atoms with Gasteiger partial charge in [-0.05, 0) is 36.2 Å². The topological polar surface area (TPSA) is 77.9 Å². The van der Waals surface area contributed by atoms with Crippen molar-refractivity contribution in [2.24, 2.45) is 0 Å². The maximum atomic E-state index is 13.4. The Morgan fingerprint density at radius 1 is 1.19 bits per heavy atom. The first kappa shape index (κ1) is 18.0. The van der Waals surface area contributed by atoms with Crippen molar-refractivity contribution in [2.45, 2.75) is 36.7 Å². The molecule has 2 aromatic carbocycles. The second kappa shape index (κ2) is 6.35. The first-order chi connectivity index (χ1) is 12.9. The lowest BCUT2D eigenvalue weighted by atomic mass is 9.72. The van der Waals surface area contributed by atoms with E-state index in [4.69, 9.17) is 0 Å². The first-order valence-electron chi connectivity index (χ1n) is 8.94. The number of amides is 1. The highest BCUT2D eigenvalue weighted by Gasteiger charge is 2.55. The number of nitrogens with zero attached hydrogens (tertiary/aromatic N) is 2. The maximum absolute atomic E-state index is 13.4. The lowest BCUT2D eigenvalue weighted by Crippen LogP contribution is -2.70. The summed E-state index contributed by atoms with van der Waals surface area (Å²) in [7, 11) is -3.76. The average molecular weight is 386 g/mol. The van der Waals surface area contributed by atoms with Crippen molar-refractivity contribution in [3.8, 4) is 0 Å². The Balaban J connectivity index is 1.83. The van der Waals surface area contributed by atoms with Crippen LogP contribution >= 0.6 is 0 Å². The Kier molecular flexibility index (Phi) is 4.24. The van der Waals surface area contributed by atoms with Crippen LogP contribution in [0.1, 0.15) is 24.0 Å². The number of anilines is 1. The van der Waals surface area contributed by atoms with Crippen LogP contribution in [0, 0.1) is 6.92 Å². The number of aryl methyl sites for hydroxylation is 1. The number of benzene rings is 2. The molecule has 1 amide bonds. The summed E-state index contributed by atoms with van der Waals surface area (Å²) < 4.78 is 28.2. The number of fused-ring (bicyclic) bond motifs is 3. The number of para-hydroxylation sites is 1. The van der Waals surface area contributed by atoms with Gasteiger partial charge in [-0.1, -0.05) is 30.3 Å². The van der Waals surface area contributed by atoms with Gasteiger partial charge in [-0.25, -0.2) is 8.42 Å². The molecule has 0 radical (unpaired) electrons. The molecule has 4 rings (SSSR count). The lowest BCUT2D eigenvalue weighted by Gasteiger charge is -2.58. The first-order valence-corrected chi connectivity index (χ1v) is 10.4. The second-order valence-corrected chi connectivity index (χ2v) is 9.04. The molecule has 6 nitrogen and oxygen atoms in total. The van der Waals surface area contributed by atoms with Gasteiger partial charge in [-0.3, -0.25) is 9.10 Å². The predicted molar refractivity (Wildman–Crippen MR) is 102 cm³/mol. The predicted octanol–water partition coefficient (Wildman–Crippen LogP) is 1.88. The number of aliphatic hydroxyl groups excluding tert-OH is 1. The summed E-state index contributed by atoms with van der Waals surface area (Å²) in [6, 6.07) is 13.6. The van der Waals surface area contributed by atoms with E-state index in [1.807, 2.05) is 31.2 Å². The molecule has 27 heavy (non-hydrogen) atoms. The third-order valence-electron chi connectivity index (χ3n) is 5.59. The zero-order valence-electron chi connectivity index (χ0n) is 15.2. The van der Waals surface area contributed by atoms with Gasteiger partial charge in [0, 0.05) is 12.8 Å². The summed E-state index contributed by atoms with van der Waals surface area (Å²) in [5.41, 5.74) is 2.36. The normalized spacial score (nSPS) is 24.0. The Morgan fingerprint density at radius 3 is 2.59 bits per heavy atom. The number of sulfonamides is 1. The van der Waals surface area contributed by atoms with Crippen molar-refractivity contribution in [3.05, 3.63) is 59.7 Å². The molecule has 0 aliphatic carbocycles. The van der Waals surface area contributed by atoms with E-state index in [-0.39, 0.29) is 42.0 Å². The fraction of sp³-hybridized carbons (Fsp3) is 0.350. The molecule has 1 N–H and O–H groups in total. The van der Waals surface area contributed by atoms with Crippen molar-refractivity contribution in [2.75, 3.05) is 17.5 Å². The fourth-order valence-corrected chi connectivity index (χ4v) is 6.04. The van der Waals surface area contributed by atoms with E-state index in [0.29, 0.717) is 5.69 Å². The highest BCUT2D eigenvalue weighted by Crippen LogP contribution is 2.49. The molecule has 142 valence electrons. The Labute approximate surface area is 159 Å². The highest BCUT2D eigenvalue weighted by molar-refractivity contribution is 7.92. The number of hydrogen-bond donors (Lipinski definition) is 1. The van der Waals surface area contributed by atoms with Gasteiger partial charge in [0.1, 0.15) is 0 Å². The lowest BCUT2D eigenvalue weighted by molar-refractivity contribution is -0.147. The van der Waals surface area contributed by atoms with Crippen LogP contribution in [0.2, 0.25) is 0 Å². The van der Waals surface area contributed by atoms with Crippen molar-refractivity contribution >= 4 is 21.6 Å². The third kappa shape index (κ3) is 2.64. The molecule has 1 saturated heterocycles. The SMILES string of the molecule is CC(=O)N1[C@@H]2CN(S(=O)(=O)c3cccc(C)c3)c3ccccc3[C@@H]2[C@@H]1CO. The molecule has 1 fully saturated rings. The zero-order valence-corrected chi connectivity index (χ0v) is 16.1. The molecule has 0 spiro atoms. The zero-order chi connectivity index (χ0) is 19.3. The Morgan fingerprint density at radius 2 is 1.93 bits per heavy atom. The van der Waals surface area contributed by atoms with Crippen molar-refractivity contribution in [1.82, 2.24) is 4.90 Å². The van der Waals surface area contributed by atoms with E-state index in [1.165, 1.54) is 11.2 Å². The van der Waals surface area contributed by atoms with E-state index < -0.39 is 10.0 Å². The quantitative estimate of drug-likeness (QED) is 0.874. The molecular weight excluding hydrogens is 364 g/mol. The number of carbonyl (C=O) groups is 1. The summed E-state index contributed by atoms with van der Waals surface area (Å²) in [5, 5.41) is 9.78. The molecule has 0 aromatic heterocycles. The molecule has 0 saturated carbocycles. The van der Waals surface area contributed by atoms with Crippen molar-refractivity contribution in [3.63, 3.8) is 0 Å². The summed E-state index contributed by atoms with van der Waals surface area (Å²) in [5.74, 6) is -0.207. The van der Waals surface area contributed by atoms with E-state index in [0.717, 1.165) is 11.1 Å². The molecule has 7 heteroatoms. The van der Waals surface area contributed by atoms with E-state index >= 15 is 0 Å². The summed E-state index contributed by atoms with van der Waals surface area (Å²) in [6.45, 7) is 3.36. The maximum Gasteiger partial charge on any atom is 0.264 e. The molecule has 0 bridgehead atoms. The highest BCUT2D eigenvalue weighted by atomic mass is 32.2. The second-order valence-electron chi connectivity index (χ2n) is 7.18. The number of hydrogen-bond acceptors (Lipinski definition) is 4.